The molecule has 2 rings (SSSR count). The fraction of sp³-hybridized carbons (Fsp3) is 0.300. The van der Waals surface area contributed by atoms with Gasteiger partial charge in [0, 0.05) is 23.0 Å². The molecule has 0 aromatic heterocycles. The molecule has 0 aliphatic heterocycles. The van der Waals surface area contributed by atoms with Crippen LogP contribution >= 0.6 is 47.2 Å². The average molecular weight is 457 g/mol. The van der Waals surface area contributed by atoms with Gasteiger partial charge in [-0.25, -0.2) is 4.79 Å². The second-order valence-corrected chi connectivity index (χ2v) is 8.12. The number of benzene rings is 2. The van der Waals surface area contributed by atoms with E-state index >= 15 is 0 Å². The van der Waals surface area contributed by atoms with Crippen molar-refractivity contribution < 1.29 is 9.53 Å². The fourth-order valence-corrected chi connectivity index (χ4v) is 4.04. The third-order valence-electron chi connectivity index (χ3n) is 3.69. The molecule has 0 radical (unpaired) electrons. The summed E-state index contributed by atoms with van der Waals surface area (Å²) in [6.07, 6.45) is 0.972. The number of ether oxygens (including phenoxy) is 1. The number of thiocarbonyl (C=S) groups is 1. The Morgan fingerprint density at radius 1 is 1.18 bits per heavy atom. The third-order valence-corrected chi connectivity index (χ3v) is 5.71. The van der Waals surface area contributed by atoms with Crippen LogP contribution in [0.5, 0.6) is 0 Å². The Morgan fingerprint density at radius 2 is 1.96 bits per heavy atom. The second-order valence-electron chi connectivity index (χ2n) is 5.79. The maximum absolute atomic E-state index is 11.8. The van der Waals surface area contributed by atoms with Crippen LogP contribution < -0.4 is 10.6 Å². The summed E-state index contributed by atoms with van der Waals surface area (Å²) in [6, 6.07) is 12.9. The minimum absolute atomic E-state index is 0.305. The number of hydrogen-bond donors (Lipinski definition) is 2. The molecule has 4 nitrogen and oxygen atoms in total. The van der Waals surface area contributed by atoms with Gasteiger partial charge in [0.05, 0.1) is 17.2 Å². The van der Waals surface area contributed by atoms with Gasteiger partial charge in [0.25, 0.3) is 0 Å². The summed E-state index contributed by atoms with van der Waals surface area (Å²) in [5.74, 6) is 1.46. The predicted octanol–water partition coefficient (Wildman–Crippen LogP) is 5.78. The van der Waals surface area contributed by atoms with E-state index < -0.39 is 5.97 Å². The van der Waals surface area contributed by atoms with E-state index in [0.717, 1.165) is 35.1 Å². The predicted molar refractivity (Wildman–Crippen MR) is 124 cm³/mol. The van der Waals surface area contributed by atoms with Crippen LogP contribution in [0.3, 0.4) is 0 Å². The summed E-state index contributed by atoms with van der Waals surface area (Å²) >= 11 is 19.4. The molecule has 0 atom stereocenters. The molecule has 0 saturated heterocycles. The van der Waals surface area contributed by atoms with Gasteiger partial charge < -0.3 is 15.4 Å². The van der Waals surface area contributed by atoms with E-state index in [1.165, 1.54) is 0 Å². The van der Waals surface area contributed by atoms with Gasteiger partial charge in [0.15, 0.2) is 5.11 Å². The van der Waals surface area contributed by atoms with Crippen LogP contribution in [0.4, 0.5) is 5.69 Å². The Kier molecular flexibility index (Phi) is 9.92. The lowest BCUT2D eigenvalue weighted by Gasteiger charge is -2.12. The van der Waals surface area contributed by atoms with Gasteiger partial charge in [-0.05, 0) is 61.1 Å². The quantitative estimate of drug-likeness (QED) is 0.283. The number of nitrogens with one attached hydrogen (secondary N) is 2. The van der Waals surface area contributed by atoms with Crippen molar-refractivity contribution in [2.75, 3.05) is 24.2 Å². The number of thioether (sulfide) groups is 1. The van der Waals surface area contributed by atoms with Crippen molar-refractivity contribution in [2.45, 2.75) is 19.1 Å². The lowest BCUT2D eigenvalue weighted by molar-refractivity contribution is 0.0526. The molecular formula is C20H22Cl2N2O2S2. The third kappa shape index (κ3) is 7.51. The lowest BCUT2D eigenvalue weighted by Crippen LogP contribution is -2.29. The van der Waals surface area contributed by atoms with E-state index in [4.69, 9.17) is 40.2 Å². The number of carbonyl (C=O) groups is 1. The van der Waals surface area contributed by atoms with Crippen molar-refractivity contribution in [3.8, 4) is 0 Å². The van der Waals surface area contributed by atoms with Crippen molar-refractivity contribution in [3.63, 3.8) is 0 Å². The van der Waals surface area contributed by atoms with Crippen LogP contribution in [0.1, 0.15) is 29.3 Å². The Bertz CT molecular complexity index is 819. The SMILES string of the molecule is CCOC(=O)c1ccc(NC(=S)NCCCSCc2ccccc2Cl)cc1Cl. The van der Waals surface area contributed by atoms with Crippen LogP contribution in [-0.4, -0.2) is 30.0 Å². The molecule has 0 bridgehead atoms. The van der Waals surface area contributed by atoms with Crippen molar-refractivity contribution in [3.05, 3.63) is 63.6 Å². The number of rotatable bonds is 9. The maximum atomic E-state index is 11.8. The van der Waals surface area contributed by atoms with Crippen LogP contribution in [0.2, 0.25) is 10.0 Å². The highest BCUT2D eigenvalue weighted by molar-refractivity contribution is 7.98. The van der Waals surface area contributed by atoms with Crippen LogP contribution in [0.15, 0.2) is 42.5 Å². The molecule has 0 fully saturated rings. The highest BCUT2D eigenvalue weighted by Gasteiger charge is 2.12. The highest BCUT2D eigenvalue weighted by atomic mass is 35.5. The normalized spacial score (nSPS) is 10.4. The summed E-state index contributed by atoms with van der Waals surface area (Å²) in [6.45, 7) is 2.82. The molecule has 8 heteroatoms. The van der Waals surface area contributed by atoms with Crippen molar-refractivity contribution in [1.29, 1.82) is 0 Å². The van der Waals surface area contributed by atoms with Crippen LogP contribution in [0, 0.1) is 0 Å². The molecule has 2 aromatic carbocycles. The van der Waals surface area contributed by atoms with Gasteiger partial charge in [-0.15, -0.1) is 0 Å². The summed E-state index contributed by atoms with van der Waals surface area (Å²) in [4.78, 5) is 11.8. The molecular weight excluding hydrogens is 435 g/mol. The van der Waals surface area contributed by atoms with Gasteiger partial charge in [-0.3, -0.25) is 0 Å². The summed E-state index contributed by atoms with van der Waals surface area (Å²) < 4.78 is 4.96. The minimum atomic E-state index is -0.436. The molecule has 0 heterocycles. The molecule has 0 spiro atoms. The van der Waals surface area contributed by atoms with Crippen molar-refractivity contribution in [1.82, 2.24) is 5.32 Å². The molecule has 2 aromatic rings. The largest absolute Gasteiger partial charge is 0.462 e. The Hall–Kier alpha value is -1.47. The van der Waals surface area contributed by atoms with Gasteiger partial charge >= 0.3 is 5.97 Å². The van der Waals surface area contributed by atoms with E-state index in [1.807, 2.05) is 36.0 Å². The molecule has 0 aliphatic rings. The first-order chi connectivity index (χ1) is 13.5. The number of halogens is 2. The van der Waals surface area contributed by atoms with Gasteiger partial charge in [0.2, 0.25) is 0 Å². The van der Waals surface area contributed by atoms with Gasteiger partial charge in [0.1, 0.15) is 0 Å². The first-order valence-electron chi connectivity index (χ1n) is 8.84. The van der Waals surface area contributed by atoms with Gasteiger partial charge in [-0.1, -0.05) is 41.4 Å². The fourth-order valence-electron chi connectivity index (χ4n) is 2.32. The number of anilines is 1. The Balaban J connectivity index is 1.68. The molecule has 28 heavy (non-hydrogen) atoms. The summed E-state index contributed by atoms with van der Waals surface area (Å²) in [7, 11) is 0. The zero-order valence-corrected chi connectivity index (χ0v) is 18.6. The van der Waals surface area contributed by atoms with E-state index in [-0.39, 0.29) is 0 Å². The standard InChI is InChI=1S/C20H22Cl2N2O2S2/c1-2-26-19(25)16-9-8-15(12-18(16)22)24-20(27)23-10-5-11-28-13-14-6-3-4-7-17(14)21/h3-4,6-9,12H,2,5,10-11,13H2,1H3,(H2,23,24,27). The molecule has 0 saturated carbocycles. The second kappa shape index (κ2) is 12.2. The molecule has 0 aliphatic carbocycles. The van der Waals surface area contributed by atoms with Crippen LogP contribution in [0.25, 0.3) is 0 Å². The van der Waals surface area contributed by atoms with E-state index in [9.17, 15) is 4.79 Å². The molecule has 150 valence electrons. The molecule has 0 unspecified atom stereocenters. The topological polar surface area (TPSA) is 50.4 Å². The Labute approximate surface area is 185 Å². The van der Waals surface area contributed by atoms with E-state index in [2.05, 4.69) is 10.6 Å². The number of esters is 1. The first kappa shape index (κ1) is 22.8. The zero-order chi connectivity index (χ0) is 20.4. The lowest BCUT2D eigenvalue weighted by atomic mass is 10.2. The Morgan fingerprint density at radius 3 is 2.68 bits per heavy atom. The van der Waals surface area contributed by atoms with Crippen LogP contribution in [-0.2, 0) is 10.5 Å². The highest BCUT2D eigenvalue weighted by Crippen LogP contribution is 2.22. The summed E-state index contributed by atoms with van der Waals surface area (Å²) in [5, 5.41) is 7.87. The van der Waals surface area contributed by atoms with E-state index in [1.54, 1.807) is 25.1 Å². The number of hydrogen-bond acceptors (Lipinski definition) is 4. The van der Waals surface area contributed by atoms with Crippen molar-refractivity contribution >= 4 is 64.0 Å². The minimum Gasteiger partial charge on any atom is -0.462 e. The van der Waals surface area contributed by atoms with Gasteiger partial charge in [-0.2, -0.15) is 11.8 Å². The van der Waals surface area contributed by atoms with Crippen molar-refractivity contribution in [2.24, 2.45) is 0 Å². The number of carbonyl (C=O) groups excluding carboxylic acids is 1. The van der Waals surface area contributed by atoms with E-state index in [0.29, 0.717) is 28.0 Å². The molecule has 0 amide bonds. The monoisotopic (exact) mass is 456 g/mol. The zero-order valence-electron chi connectivity index (χ0n) is 15.5. The molecule has 2 N–H and O–H groups in total. The average Bonchev–Trinajstić information content (AvgIpc) is 2.66. The maximum Gasteiger partial charge on any atom is 0.339 e. The first-order valence-corrected chi connectivity index (χ1v) is 11.2. The summed E-state index contributed by atoms with van der Waals surface area (Å²) in [5.41, 5.74) is 2.20. The smallest absolute Gasteiger partial charge is 0.339 e.